The molecule has 0 unspecified atom stereocenters. The zero-order chi connectivity index (χ0) is 29.1. The minimum absolute atomic E-state index is 0.0209. The summed E-state index contributed by atoms with van der Waals surface area (Å²) < 4.78 is 33.1. The molecule has 0 aliphatic rings. The van der Waals surface area contributed by atoms with Crippen LogP contribution >= 0.6 is 11.6 Å². The number of sulfonamides is 1. The Labute approximate surface area is 243 Å². The molecule has 11 heteroatoms. The smallest absolute Gasteiger partial charge is 0.262 e. The zero-order valence-electron chi connectivity index (χ0n) is 21.8. The molecule has 4 aromatic carbocycles. The molecular formula is C30H27ClN4O5S. The maximum atomic E-state index is 13.3. The van der Waals surface area contributed by atoms with E-state index in [0.717, 1.165) is 9.87 Å². The topological polar surface area (TPSA) is 117 Å². The van der Waals surface area contributed by atoms with Gasteiger partial charge in [-0.25, -0.2) is 13.8 Å². The van der Waals surface area contributed by atoms with Gasteiger partial charge in [0.2, 0.25) is 10.0 Å². The second kappa shape index (κ2) is 14.2. The maximum absolute atomic E-state index is 13.3. The van der Waals surface area contributed by atoms with Gasteiger partial charge < -0.3 is 10.1 Å². The van der Waals surface area contributed by atoms with Gasteiger partial charge in [-0.1, -0.05) is 72.3 Å². The van der Waals surface area contributed by atoms with E-state index in [-0.39, 0.29) is 24.0 Å². The van der Waals surface area contributed by atoms with Crippen molar-refractivity contribution >= 4 is 45.3 Å². The van der Waals surface area contributed by atoms with E-state index >= 15 is 0 Å². The van der Waals surface area contributed by atoms with E-state index in [1.54, 1.807) is 91.0 Å². The molecule has 210 valence electrons. The van der Waals surface area contributed by atoms with Gasteiger partial charge in [0.1, 0.15) is 5.75 Å². The summed E-state index contributed by atoms with van der Waals surface area (Å²) in [4.78, 5) is 24.9. The first-order valence-corrected chi connectivity index (χ1v) is 14.3. The number of ether oxygens (including phenoxy) is 1. The number of carbonyl (C=O) groups excluding carboxylic acids is 2. The van der Waals surface area contributed by atoms with E-state index < -0.39 is 22.5 Å². The molecule has 2 N–H and O–H groups in total. The molecule has 0 aliphatic carbocycles. The third kappa shape index (κ3) is 8.74. The first-order chi connectivity index (χ1) is 19.8. The van der Waals surface area contributed by atoms with E-state index in [1.165, 1.54) is 18.3 Å². The van der Waals surface area contributed by atoms with Gasteiger partial charge in [0.25, 0.3) is 11.8 Å². The van der Waals surface area contributed by atoms with Crippen molar-refractivity contribution in [2.75, 3.05) is 18.5 Å². The van der Waals surface area contributed by atoms with Crippen LogP contribution in [-0.4, -0.2) is 43.9 Å². The van der Waals surface area contributed by atoms with Gasteiger partial charge in [-0.2, -0.15) is 9.41 Å². The molecule has 0 saturated heterocycles. The lowest BCUT2D eigenvalue weighted by molar-refractivity contribution is -0.121. The molecular weight excluding hydrogens is 564 g/mol. The number of para-hydroxylation sites is 1. The molecule has 0 radical (unpaired) electrons. The zero-order valence-corrected chi connectivity index (χ0v) is 23.4. The first kappa shape index (κ1) is 29.5. The Balaban J connectivity index is 1.31. The van der Waals surface area contributed by atoms with E-state index in [2.05, 4.69) is 15.8 Å². The van der Waals surface area contributed by atoms with Crippen LogP contribution < -0.4 is 15.5 Å². The summed E-state index contributed by atoms with van der Waals surface area (Å²) in [6.07, 6.45) is 1.42. The molecule has 0 heterocycles. The minimum atomic E-state index is -3.94. The molecule has 2 amide bonds. The fraction of sp³-hybridized carbons (Fsp3) is 0.100. The SMILES string of the molecule is O=C(CN(Cc1ccccc1)S(=O)(=O)c1ccccc1)N/N=C/c1ccc(OCC(=O)Nc2ccccc2Cl)cc1. The molecule has 0 spiro atoms. The van der Waals surface area contributed by atoms with Crippen LogP contribution in [0.4, 0.5) is 5.69 Å². The average Bonchev–Trinajstić information content (AvgIpc) is 2.98. The van der Waals surface area contributed by atoms with Crippen molar-refractivity contribution < 1.29 is 22.7 Å². The lowest BCUT2D eigenvalue weighted by Gasteiger charge is -2.21. The van der Waals surface area contributed by atoms with Gasteiger partial charge in [-0.3, -0.25) is 9.59 Å². The lowest BCUT2D eigenvalue weighted by atomic mass is 10.2. The summed E-state index contributed by atoms with van der Waals surface area (Å²) in [5.41, 5.74) is 4.27. The number of amides is 2. The van der Waals surface area contributed by atoms with Crippen LogP contribution in [0.3, 0.4) is 0 Å². The Hall–Kier alpha value is -4.51. The van der Waals surface area contributed by atoms with Crippen LogP contribution in [-0.2, 0) is 26.2 Å². The van der Waals surface area contributed by atoms with Gasteiger partial charge in [-0.15, -0.1) is 0 Å². The van der Waals surface area contributed by atoms with Crippen molar-refractivity contribution in [3.05, 3.63) is 125 Å². The Morgan fingerprint density at radius 3 is 2.15 bits per heavy atom. The summed E-state index contributed by atoms with van der Waals surface area (Å²) in [6, 6.07) is 30.6. The summed E-state index contributed by atoms with van der Waals surface area (Å²) in [6.45, 7) is -0.611. The minimum Gasteiger partial charge on any atom is -0.484 e. The molecule has 0 aromatic heterocycles. The van der Waals surface area contributed by atoms with Crippen molar-refractivity contribution in [1.82, 2.24) is 9.73 Å². The predicted molar refractivity (Wildman–Crippen MR) is 158 cm³/mol. The monoisotopic (exact) mass is 590 g/mol. The van der Waals surface area contributed by atoms with E-state index in [9.17, 15) is 18.0 Å². The van der Waals surface area contributed by atoms with E-state index in [4.69, 9.17) is 16.3 Å². The highest BCUT2D eigenvalue weighted by Gasteiger charge is 2.26. The van der Waals surface area contributed by atoms with Crippen molar-refractivity contribution in [1.29, 1.82) is 0 Å². The third-order valence-electron chi connectivity index (χ3n) is 5.70. The molecule has 0 atom stereocenters. The number of benzene rings is 4. The summed E-state index contributed by atoms with van der Waals surface area (Å²) in [5, 5.41) is 7.06. The van der Waals surface area contributed by atoms with E-state index in [1.807, 2.05) is 6.07 Å². The third-order valence-corrected chi connectivity index (χ3v) is 7.84. The number of nitrogens with zero attached hydrogens (tertiary/aromatic N) is 2. The van der Waals surface area contributed by atoms with Gasteiger partial charge in [0.05, 0.1) is 28.4 Å². The van der Waals surface area contributed by atoms with Crippen LogP contribution in [0.2, 0.25) is 5.02 Å². The summed E-state index contributed by atoms with van der Waals surface area (Å²) in [7, 11) is -3.94. The Bertz CT molecular complexity index is 1600. The number of anilines is 1. The number of hydrogen-bond donors (Lipinski definition) is 2. The molecule has 0 bridgehead atoms. The Kier molecular flexibility index (Phi) is 10.2. The second-order valence-corrected chi connectivity index (χ2v) is 11.1. The fourth-order valence-corrected chi connectivity index (χ4v) is 5.27. The highest BCUT2D eigenvalue weighted by atomic mass is 35.5. The van der Waals surface area contributed by atoms with Crippen molar-refractivity contribution in [2.24, 2.45) is 5.10 Å². The molecule has 41 heavy (non-hydrogen) atoms. The highest BCUT2D eigenvalue weighted by Crippen LogP contribution is 2.21. The maximum Gasteiger partial charge on any atom is 0.262 e. The van der Waals surface area contributed by atoms with Crippen molar-refractivity contribution in [3.8, 4) is 5.75 Å². The van der Waals surface area contributed by atoms with Crippen molar-refractivity contribution in [3.63, 3.8) is 0 Å². The van der Waals surface area contributed by atoms with Gasteiger partial charge in [0, 0.05) is 6.54 Å². The van der Waals surface area contributed by atoms with Gasteiger partial charge in [-0.05, 0) is 59.7 Å². The van der Waals surface area contributed by atoms with Gasteiger partial charge in [0.15, 0.2) is 6.61 Å². The van der Waals surface area contributed by atoms with Crippen LogP contribution in [0, 0.1) is 0 Å². The van der Waals surface area contributed by atoms with E-state index in [0.29, 0.717) is 22.0 Å². The lowest BCUT2D eigenvalue weighted by Crippen LogP contribution is -2.39. The standard InChI is InChI=1S/C30H27ClN4O5S/c31-27-13-7-8-14-28(27)33-30(37)22-40-25-17-15-23(16-18-25)19-32-34-29(36)21-35(20-24-9-3-1-4-10-24)41(38,39)26-11-5-2-6-12-26/h1-19H,20-22H2,(H,33,37)(H,34,36)/b32-19+. The van der Waals surface area contributed by atoms with Crippen LogP contribution in [0.25, 0.3) is 0 Å². The Morgan fingerprint density at radius 1 is 0.829 bits per heavy atom. The normalized spacial score (nSPS) is 11.4. The quantitative estimate of drug-likeness (QED) is 0.183. The second-order valence-electron chi connectivity index (χ2n) is 8.75. The van der Waals surface area contributed by atoms with Crippen LogP contribution in [0.15, 0.2) is 119 Å². The molecule has 4 aromatic rings. The van der Waals surface area contributed by atoms with Gasteiger partial charge >= 0.3 is 0 Å². The largest absolute Gasteiger partial charge is 0.484 e. The molecule has 0 fully saturated rings. The highest BCUT2D eigenvalue weighted by molar-refractivity contribution is 7.89. The Morgan fingerprint density at radius 2 is 1.46 bits per heavy atom. The first-order valence-electron chi connectivity index (χ1n) is 12.5. The van der Waals surface area contributed by atoms with Crippen molar-refractivity contribution in [2.45, 2.75) is 11.4 Å². The molecule has 0 saturated carbocycles. The van der Waals surface area contributed by atoms with Crippen LogP contribution in [0.5, 0.6) is 5.75 Å². The number of hydrogen-bond acceptors (Lipinski definition) is 6. The predicted octanol–water partition coefficient (Wildman–Crippen LogP) is 4.70. The number of halogens is 1. The number of carbonyl (C=O) groups is 2. The molecule has 4 rings (SSSR count). The number of rotatable bonds is 12. The summed E-state index contributed by atoms with van der Waals surface area (Å²) in [5.74, 6) is -0.494. The molecule has 0 aliphatic heterocycles. The van der Waals surface area contributed by atoms with Crippen LogP contribution in [0.1, 0.15) is 11.1 Å². The number of hydrazone groups is 1. The summed E-state index contributed by atoms with van der Waals surface area (Å²) >= 11 is 6.04. The molecule has 9 nitrogen and oxygen atoms in total. The fourth-order valence-electron chi connectivity index (χ4n) is 3.68. The number of nitrogens with one attached hydrogen (secondary N) is 2. The average molecular weight is 591 g/mol.